The molecule has 0 spiro atoms. The van der Waals surface area contributed by atoms with Crippen molar-refractivity contribution in [3.8, 4) is 0 Å². The first-order valence-electron chi connectivity index (χ1n) is 5.41. The maximum Gasteiger partial charge on any atom is 0.416 e. The number of hydrogen-bond donors (Lipinski definition) is 2. The SMILES string of the molecule is CNC(=O)C(C)Nc1ccc(C)c(C(F)(F)F)c1. The molecule has 1 atom stereocenters. The molecule has 1 rings (SSSR count). The van der Waals surface area contributed by atoms with Gasteiger partial charge in [-0.1, -0.05) is 6.07 Å². The minimum absolute atomic E-state index is 0.153. The predicted octanol–water partition coefficient (Wildman–Crippen LogP) is 2.56. The zero-order chi connectivity index (χ0) is 13.9. The van der Waals surface area contributed by atoms with Crippen LogP contribution in [0, 0.1) is 6.92 Å². The molecule has 0 heterocycles. The number of carbonyl (C=O) groups is 1. The van der Waals surface area contributed by atoms with Crippen molar-refractivity contribution in [1.29, 1.82) is 0 Å². The second-order valence-electron chi connectivity index (χ2n) is 4.01. The molecule has 0 aromatic heterocycles. The van der Waals surface area contributed by atoms with Crippen LogP contribution in [0.5, 0.6) is 0 Å². The number of halogens is 3. The number of hydrogen-bond acceptors (Lipinski definition) is 2. The maximum absolute atomic E-state index is 12.7. The maximum atomic E-state index is 12.7. The lowest BCUT2D eigenvalue weighted by Crippen LogP contribution is -2.35. The Morgan fingerprint density at radius 3 is 2.44 bits per heavy atom. The highest BCUT2D eigenvalue weighted by atomic mass is 19.4. The molecule has 100 valence electrons. The Hall–Kier alpha value is -1.72. The van der Waals surface area contributed by atoms with E-state index in [9.17, 15) is 18.0 Å². The first-order valence-corrected chi connectivity index (χ1v) is 5.41. The molecule has 0 radical (unpaired) electrons. The van der Waals surface area contributed by atoms with Crippen LogP contribution in [-0.4, -0.2) is 19.0 Å². The fourth-order valence-corrected chi connectivity index (χ4v) is 1.55. The van der Waals surface area contributed by atoms with Crippen molar-refractivity contribution in [2.75, 3.05) is 12.4 Å². The summed E-state index contributed by atoms with van der Waals surface area (Å²) in [6.07, 6.45) is -4.39. The van der Waals surface area contributed by atoms with Gasteiger partial charge in [0, 0.05) is 12.7 Å². The summed E-state index contributed by atoms with van der Waals surface area (Å²) in [4.78, 5) is 11.3. The zero-order valence-electron chi connectivity index (χ0n) is 10.4. The van der Waals surface area contributed by atoms with Crippen LogP contribution < -0.4 is 10.6 Å². The Balaban J connectivity index is 2.96. The summed E-state index contributed by atoms with van der Waals surface area (Å²) < 4.78 is 38.1. The Morgan fingerprint density at radius 2 is 1.94 bits per heavy atom. The van der Waals surface area contributed by atoms with Gasteiger partial charge >= 0.3 is 6.18 Å². The minimum Gasteiger partial charge on any atom is -0.374 e. The summed E-state index contributed by atoms with van der Waals surface area (Å²) in [6, 6.07) is 3.30. The van der Waals surface area contributed by atoms with Gasteiger partial charge in [-0.2, -0.15) is 13.2 Å². The summed E-state index contributed by atoms with van der Waals surface area (Å²) >= 11 is 0. The van der Waals surface area contributed by atoms with E-state index >= 15 is 0 Å². The summed E-state index contributed by atoms with van der Waals surface area (Å²) in [6.45, 7) is 2.97. The van der Waals surface area contributed by atoms with Crippen LogP contribution in [0.2, 0.25) is 0 Å². The number of anilines is 1. The third kappa shape index (κ3) is 3.38. The van der Waals surface area contributed by atoms with Gasteiger partial charge in [-0.25, -0.2) is 0 Å². The van der Waals surface area contributed by atoms with Crippen molar-refractivity contribution in [2.45, 2.75) is 26.1 Å². The third-order valence-electron chi connectivity index (χ3n) is 2.57. The second kappa shape index (κ2) is 5.29. The highest BCUT2D eigenvalue weighted by molar-refractivity contribution is 5.83. The number of carbonyl (C=O) groups excluding carboxylic acids is 1. The highest BCUT2D eigenvalue weighted by Gasteiger charge is 2.32. The lowest BCUT2D eigenvalue weighted by atomic mass is 10.1. The average Bonchev–Trinajstić information content (AvgIpc) is 2.29. The molecule has 18 heavy (non-hydrogen) atoms. The first-order chi connectivity index (χ1) is 8.25. The smallest absolute Gasteiger partial charge is 0.374 e. The van der Waals surface area contributed by atoms with Gasteiger partial charge in [0.25, 0.3) is 0 Å². The number of nitrogens with one attached hydrogen (secondary N) is 2. The topological polar surface area (TPSA) is 41.1 Å². The van der Waals surface area contributed by atoms with Gasteiger partial charge < -0.3 is 10.6 Å². The minimum atomic E-state index is -4.39. The van der Waals surface area contributed by atoms with E-state index < -0.39 is 17.8 Å². The lowest BCUT2D eigenvalue weighted by Gasteiger charge is -2.16. The fourth-order valence-electron chi connectivity index (χ4n) is 1.55. The Bertz CT molecular complexity index is 443. The van der Waals surface area contributed by atoms with E-state index in [2.05, 4.69) is 10.6 Å². The van der Waals surface area contributed by atoms with Crippen LogP contribution >= 0.6 is 0 Å². The van der Waals surface area contributed by atoms with Crippen molar-refractivity contribution in [1.82, 2.24) is 5.32 Å². The zero-order valence-corrected chi connectivity index (χ0v) is 10.4. The molecule has 0 aliphatic heterocycles. The van der Waals surface area contributed by atoms with E-state index in [0.29, 0.717) is 0 Å². The monoisotopic (exact) mass is 260 g/mol. The molecule has 1 unspecified atom stereocenters. The van der Waals surface area contributed by atoms with Gasteiger partial charge in [-0.05, 0) is 31.5 Å². The number of benzene rings is 1. The summed E-state index contributed by atoms with van der Waals surface area (Å²) in [5, 5.41) is 5.14. The van der Waals surface area contributed by atoms with Crippen LogP contribution in [0.15, 0.2) is 18.2 Å². The molecule has 1 amide bonds. The van der Waals surface area contributed by atoms with Gasteiger partial charge in [0.2, 0.25) is 5.91 Å². The molecule has 6 heteroatoms. The summed E-state index contributed by atoms with van der Waals surface area (Å²) in [7, 11) is 1.47. The van der Waals surface area contributed by atoms with E-state index in [1.54, 1.807) is 6.92 Å². The van der Waals surface area contributed by atoms with Crippen molar-refractivity contribution in [3.05, 3.63) is 29.3 Å². The van der Waals surface area contributed by atoms with Crippen LogP contribution in [0.25, 0.3) is 0 Å². The molecule has 3 nitrogen and oxygen atoms in total. The Morgan fingerprint density at radius 1 is 1.33 bits per heavy atom. The van der Waals surface area contributed by atoms with E-state index in [0.717, 1.165) is 6.07 Å². The normalized spacial score (nSPS) is 13.0. The number of aryl methyl sites for hydroxylation is 1. The van der Waals surface area contributed by atoms with Gasteiger partial charge in [-0.15, -0.1) is 0 Å². The average molecular weight is 260 g/mol. The third-order valence-corrected chi connectivity index (χ3v) is 2.57. The highest BCUT2D eigenvalue weighted by Crippen LogP contribution is 2.33. The molecule has 0 aliphatic rings. The van der Waals surface area contributed by atoms with Crippen molar-refractivity contribution >= 4 is 11.6 Å². The predicted molar refractivity (Wildman–Crippen MR) is 63.3 cm³/mol. The van der Waals surface area contributed by atoms with Gasteiger partial charge in [0.1, 0.15) is 6.04 Å². The molecular weight excluding hydrogens is 245 g/mol. The van der Waals surface area contributed by atoms with Gasteiger partial charge in [0.15, 0.2) is 0 Å². The summed E-state index contributed by atoms with van der Waals surface area (Å²) in [5.74, 6) is -0.288. The molecule has 2 N–H and O–H groups in total. The van der Waals surface area contributed by atoms with E-state index in [1.807, 2.05) is 0 Å². The van der Waals surface area contributed by atoms with Crippen LogP contribution in [0.4, 0.5) is 18.9 Å². The Kier molecular flexibility index (Phi) is 4.21. The van der Waals surface area contributed by atoms with Gasteiger partial charge in [-0.3, -0.25) is 4.79 Å². The van der Waals surface area contributed by atoms with Gasteiger partial charge in [0.05, 0.1) is 5.56 Å². The van der Waals surface area contributed by atoms with E-state index in [4.69, 9.17) is 0 Å². The molecule has 0 saturated heterocycles. The van der Waals surface area contributed by atoms with Crippen LogP contribution in [0.1, 0.15) is 18.1 Å². The first kappa shape index (κ1) is 14.3. The van der Waals surface area contributed by atoms with Crippen molar-refractivity contribution < 1.29 is 18.0 Å². The molecular formula is C12H15F3N2O. The number of amides is 1. The molecule has 1 aromatic carbocycles. The number of alkyl halides is 3. The molecule has 1 aromatic rings. The lowest BCUT2D eigenvalue weighted by molar-refractivity contribution is -0.138. The van der Waals surface area contributed by atoms with E-state index in [-0.39, 0.29) is 17.2 Å². The number of likely N-dealkylation sites (N-methyl/N-ethyl adjacent to an activating group) is 1. The van der Waals surface area contributed by atoms with Crippen molar-refractivity contribution in [3.63, 3.8) is 0 Å². The van der Waals surface area contributed by atoms with Crippen LogP contribution in [-0.2, 0) is 11.0 Å². The second-order valence-corrected chi connectivity index (χ2v) is 4.01. The van der Waals surface area contributed by atoms with Crippen LogP contribution in [0.3, 0.4) is 0 Å². The van der Waals surface area contributed by atoms with Crippen molar-refractivity contribution in [2.24, 2.45) is 0 Å². The molecule has 0 bridgehead atoms. The summed E-state index contributed by atoms with van der Waals surface area (Å²) in [5.41, 5.74) is -0.277. The Labute approximate surface area is 103 Å². The number of rotatable bonds is 3. The molecule has 0 aliphatic carbocycles. The standard InChI is InChI=1S/C12H15F3N2O/c1-7-4-5-9(6-10(7)12(13,14)15)17-8(2)11(18)16-3/h4-6,8,17H,1-3H3,(H,16,18). The van der Waals surface area contributed by atoms with E-state index in [1.165, 1.54) is 26.1 Å². The molecule has 0 saturated carbocycles. The molecule has 0 fully saturated rings. The fraction of sp³-hybridized carbons (Fsp3) is 0.417. The quantitative estimate of drug-likeness (QED) is 0.877. The largest absolute Gasteiger partial charge is 0.416 e.